The normalized spacial score (nSPS) is 17.4. The van der Waals surface area contributed by atoms with Crippen LogP contribution in [0.1, 0.15) is 39.7 Å². The van der Waals surface area contributed by atoms with E-state index in [1.54, 1.807) is 11.0 Å². The molecule has 13 heteroatoms. The topological polar surface area (TPSA) is 75.2 Å². The molecule has 1 saturated heterocycles. The zero-order chi connectivity index (χ0) is 31.9. The Hall–Kier alpha value is -3.22. The lowest BCUT2D eigenvalue weighted by atomic mass is 9.93. The maximum atomic E-state index is 16.0. The van der Waals surface area contributed by atoms with E-state index in [-0.39, 0.29) is 22.5 Å². The molecular weight excluding hydrogens is 605 g/mol. The number of hydrogen-bond donors (Lipinski definition) is 0. The Morgan fingerprint density at radius 2 is 1.79 bits per heavy atom. The molecule has 0 aliphatic carbocycles. The molecule has 2 aromatic carbocycles. The van der Waals surface area contributed by atoms with Crippen LogP contribution in [-0.2, 0) is 16.6 Å². The van der Waals surface area contributed by atoms with Gasteiger partial charge in [-0.05, 0) is 65.4 Å². The van der Waals surface area contributed by atoms with Crippen molar-refractivity contribution in [2.45, 2.75) is 56.6 Å². The van der Waals surface area contributed by atoms with Gasteiger partial charge in [0.2, 0.25) is 5.95 Å². The molecule has 0 radical (unpaired) electrons. The maximum Gasteiger partial charge on any atom is 0.271 e. The van der Waals surface area contributed by atoms with E-state index in [4.69, 9.17) is 21.1 Å². The third kappa shape index (κ3) is 6.37. The Morgan fingerprint density at radius 1 is 1.09 bits per heavy atom. The highest BCUT2D eigenvalue weighted by Gasteiger charge is 2.43. The molecule has 0 saturated carbocycles. The van der Waals surface area contributed by atoms with Crippen molar-refractivity contribution in [1.82, 2.24) is 9.88 Å². The van der Waals surface area contributed by atoms with E-state index in [1.807, 2.05) is 7.05 Å². The minimum Gasteiger partial charge on any atom is -0.497 e. The van der Waals surface area contributed by atoms with Crippen LogP contribution in [0, 0.1) is 17.6 Å². The number of sulfonamides is 1. The van der Waals surface area contributed by atoms with Crippen LogP contribution < -0.4 is 18.7 Å². The average Bonchev–Trinajstić information content (AvgIpc) is 3.35. The first-order valence-corrected chi connectivity index (χ1v) is 15.4. The number of anilines is 2. The van der Waals surface area contributed by atoms with Crippen molar-refractivity contribution in [2.75, 3.05) is 43.6 Å². The number of likely N-dealkylation sites (N-methyl/N-ethyl adjacent to an activating group) is 1. The van der Waals surface area contributed by atoms with Gasteiger partial charge in [-0.15, -0.1) is 0 Å². The van der Waals surface area contributed by atoms with Crippen molar-refractivity contribution >= 4 is 33.1 Å². The molecule has 0 bridgehead atoms. The molecule has 1 fully saturated rings. The Labute approximate surface area is 256 Å². The molecule has 8 nitrogen and oxygen atoms in total. The molecule has 1 atom stereocenters. The molecule has 0 N–H and O–H groups in total. The summed E-state index contributed by atoms with van der Waals surface area (Å²) in [4.78, 5) is 6.38. The highest BCUT2D eigenvalue weighted by molar-refractivity contribution is 7.92. The number of pyridine rings is 1. The highest BCUT2D eigenvalue weighted by Crippen LogP contribution is 2.41. The fourth-order valence-corrected chi connectivity index (χ4v) is 7.18. The van der Waals surface area contributed by atoms with E-state index in [0.717, 1.165) is 12.1 Å². The fourth-order valence-electron chi connectivity index (χ4n) is 5.34. The molecule has 234 valence electrons. The second-order valence-electron chi connectivity index (χ2n) is 11.7. The lowest BCUT2D eigenvalue weighted by molar-refractivity contribution is 0.0589. The summed E-state index contributed by atoms with van der Waals surface area (Å²) in [5.41, 5.74) is -0.129. The van der Waals surface area contributed by atoms with Gasteiger partial charge in [0, 0.05) is 41.9 Å². The van der Waals surface area contributed by atoms with E-state index in [1.165, 1.54) is 38.5 Å². The zero-order valence-electron chi connectivity index (χ0n) is 25.2. The SMILES string of the molecule is COc1ccc(CN(c2cccc(F)n2)S(=O)(=O)c2c(F)cc(N3CCC(C)(N(C)C(C)(C)C)C3)c(Cl)c2F)c(OC)c1. The van der Waals surface area contributed by atoms with E-state index in [9.17, 15) is 12.8 Å². The smallest absolute Gasteiger partial charge is 0.271 e. The molecule has 4 rings (SSSR count). The number of benzene rings is 2. The summed E-state index contributed by atoms with van der Waals surface area (Å²) in [7, 11) is -0.215. The number of hydrogen-bond acceptors (Lipinski definition) is 7. The lowest BCUT2D eigenvalue weighted by Gasteiger charge is -2.44. The molecule has 0 amide bonds. The summed E-state index contributed by atoms with van der Waals surface area (Å²) in [5, 5.41) is -0.531. The van der Waals surface area contributed by atoms with Crippen LogP contribution in [-0.4, -0.2) is 63.7 Å². The molecule has 1 aliphatic heterocycles. The van der Waals surface area contributed by atoms with Crippen molar-refractivity contribution in [2.24, 2.45) is 0 Å². The fraction of sp³-hybridized carbons (Fsp3) is 0.433. The third-order valence-corrected chi connectivity index (χ3v) is 10.2. The molecule has 1 aliphatic rings. The van der Waals surface area contributed by atoms with Crippen molar-refractivity contribution in [3.05, 3.63) is 70.6 Å². The monoisotopic (exact) mass is 640 g/mol. The lowest BCUT2D eigenvalue weighted by Crippen LogP contribution is -2.54. The summed E-state index contributed by atoms with van der Waals surface area (Å²) in [5.74, 6) is -3.48. The second kappa shape index (κ2) is 12.0. The minimum absolute atomic E-state index is 0.0499. The summed E-state index contributed by atoms with van der Waals surface area (Å²) < 4.78 is 85.3. The number of ether oxygens (including phenoxy) is 2. The van der Waals surface area contributed by atoms with E-state index in [0.29, 0.717) is 35.1 Å². The Balaban J connectivity index is 1.79. The van der Waals surface area contributed by atoms with Crippen LogP contribution in [0.15, 0.2) is 47.4 Å². The quantitative estimate of drug-likeness (QED) is 0.202. The molecule has 0 spiro atoms. The van der Waals surface area contributed by atoms with Gasteiger partial charge in [0.05, 0.1) is 26.5 Å². The predicted molar refractivity (Wildman–Crippen MR) is 161 cm³/mol. The van der Waals surface area contributed by atoms with Gasteiger partial charge in [-0.25, -0.2) is 26.5 Å². The number of halogens is 4. The molecular formula is C30H36ClF3N4O4S. The van der Waals surface area contributed by atoms with Crippen LogP contribution >= 0.6 is 11.6 Å². The van der Waals surface area contributed by atoms with E-state index in [2.05, 4.69) is 37.6 Å². The van der Waals surface area contributed by atoms with Gasteiger partial charge in [-0.1, -0.05) is 17.7 Å². The van der Waals surface area contributed by atoms with Gasteiger partial charge < -0.3 is 14.4 Å². The predicted octanol–water partition coefficient (Wildman–Crippen LogP) is 6.26. The largest absolute Gasteiger partial charge is 0.497 e. The first kappa shape index (κ1) is 32.7. The summed E-state index contributed by atoms with van der Waals surface area (Å²) >= 11 is 6.45. The van der Waals surface area contributed by atoms with Crippen LogP contribution in [0.25, 0.3) is 0 Å². The van der Waals surface area contributed by atoms with E-state index < -0.39 is 49.9 Å². The number of aromatic nitrogens is 1. The minimum atomic E-state index is -5.03. The van der Waals surface area contributed by atoms with Crippen molar-refractivity contribution in [3.8, 4) is 11.5 Å². The van der Waals surface area contributed by atoms with Crippen molar-refractivity contribution in [1.29, 1.82) is 0 Å². The Morgan fingerprint density at radius 3 is 2.40 bits per heavy atom. The number of rotatable bonds is 9. The van der Waals surface area contributed by atoms with Gasteiger partial charge in [-0.3, -0.25) is 4.90 Å². The summed E-state index contributed by atoms with van der Waals surface area (Å²) in [6.07, 6.45) is 0.698. The first-order chi connectivity index (χ1) is 20.0. The van der Waals surface area contributed by atoms with Crippen LogP contribution in [0.3, 0.4) is 0 Å². The second-order valence-corrected chi connectivity index (χ2v) is 13.9. The standard InChI is InChI=1S/C30H36ClF3N4O4S/c1-29(2,3)36(5)30(4)13-14-37(18-30)22-16-21(32)28(27(34)26(22)31)43(39,40)38(25-10-8-9-24(33)35-25)17-19-11-12-20(41-6)15-23(19)42-7/h8-12,15-16H,13-14,17-18H2,1-7H3. The van der Waals surface area contributed by atoms with Crippen LogP contribution in [0.5, 0.6) is 11.5 Å². The van der Waals surface area contributed by atoms with Gasteiger partial charge in [-0.2, -0.15) is 4.39 Å². The van der Waals surface area contributed by atoms with Gasteiger partial charge in [0.15, 0.2) is 10.7 Å². The van der Waals surface area contributed by atoms with Crippen molar-refractivity contribution in [3.63, 3.8) is 0 Å². The average molecular weight is 641 g/mol. The molecule has 43 heavy (non-hydrogen) atoms. The van der Waals surface area contributed by atoms with Crippen molar-refractivity contribution < 1.29 is 31.1 Å². The van der Waals surface area contributed by atoms with E-state index >= 15 is 8.78 Å². The third-order valence-electron chi connectivity index (χ3n) is 8.02. The maximum absolute atomic E-state index is 16.0. The van der Waals surface area contributed by atoms with Crippen LogP contribution in [0.2, 0.25) is 5.02 Å². The summed E-state index contributed by atoms with van der Waals surface area (Å²) in [6.45, 7) is 8.68. The molecule has 3 aromatic rings. The molecule has 1 aromatic heterocycles. The highest BCUT2D eigenvalue weighted by atomic mass is 35.5. The number of methoxy groups -OCH3 is 2. The summed E-state index contributed by atoms with van der Waals surface area (Å²) in [6, 6.07) is 9.04. The Bertz CT molecular complexity index is 1620. The van der Waals surface area contributed by atoms with Gasteiger partial charge in [0.25, 0.3) is 10.0 Å². The number of nitrogens with zero attached hydrogens (tertiary/aromatic N) is 4. The molecule has 2 heterocycles. The first-order valence-electron chi connectivity index (χ1n) is 13.6. The van der Waals surface area contributed by atoms with Crippen LogP contribution in [0.4, 0.5) is 24.7 Å². The van der Waals surface area contributed by atoms with Gasteiger partial charge >= 0.3 is 0 Å². The zero-order valence-corrected chi connectivity index (χ0v) is 26.8. The Kier molecular flexibility index (Phi) is 9.16. The molecule has 1 unspecified atom stereocenters. The van der Waals surface area contributed by atoms with Gasteiger partial charge in [0.1, 0.15) is 28.2 Å².